The van der Waals surface area contributed by atoms with E-state index in [1.807, 2.05) is 26.8 Å². The maximum atomic E-state index is 11.9. The molecule has 2 atom stereocenters. The topological polar surface area (TPSA) is 83.8 Å². The van der Waals surface area contributed by atoms with Gasteiger partial charge in [-0.15, -0.1) is 0 Å². The first-order valence-electron chi connectivity index (χ1n) is 8.73. The van der Waals surface area contributed by atoms with Crippen molar-refractivity contribution in [1.82, 2.24) is 0 Å². The summed E-state index contributed by atoms with van der Waals surface area (Å²) in [6.07, 6.45) is 5.02. The minimum atomic E-state index is -0.731. The number of allylic oxidation sites excluding steroid dienone is 2. The van der Waals surface area contributed by atoms with E-state index in [1.54, 1.807) is 0 Å². The molecule has 1 heterocycles. The summed E-state index contributed by atoms with van der Waals surface area (Å²) in [6, 6.07) is 0. The first-order valence-corrected chi connectivity index (χ1v) is 8.73. The number of aliphatic carboxylic acids is 1. The number of esters is 1. The average molecular weight is 344 g/mol. The number of phenolic OH excluding ortho intramolecular Hbond substituents is 1. The lowest BCUT2D eigenvalue weighted by Gasteiger charge is -2.18. The number of fused-ring (bicyclic) bond motifs is 1. The molecule has 0 radical (unpaired) electrons. The van der Waals surface area contributed by atoms with Gasteiger partial charge in [0, 0.05) is 11.1 Å². The van der Waals surface area contributed by atoms with Crippen LogP contribution in [0.4, 0.5) is 0 Å². The predicted molar refractivity (Wildman–Crippen MR) is 92.6 cm³/mol. The van der Waals surface area contributed by atoms with Gasteiger partial charge in [0.05, 0.1) is 5.92 Å². The van der Waals surface area contributed by atoms with E-state index in [0.717, 1.165) is 47.1 Å². The Bertz CT molecular complexity index is 775. The van der Waals surface area contributed by atoms with Crippen molar-refractivity contribution in [2.75, 3.05) is 0 Å². The van der Waals surface area contributed by atoms with E-state index in [9.17, 15) is 19.8 Å². The third-order valence-corrected chi connectivity index (χ3v) is 5.89. The minimum absolute atomic E-state index is 0.00542. The Labute approximate surface area is 147 Å². The van der Waals surface area contributed by atoms with E-state index >= 15 is 0 Å². The summed E-state index contributed by atoms with van der Waals surface area (Å²) in [4.78, 5) is 23.3. The molecule has 25 heavy (non-hydrogen) atoms. The maximum absolute atomic E-state index is 11.9. The molecule has 2 unspecified atom stereocenters. The number of benzene rings is 1. The lowest BCUT2D eigenvalue weighted by molar-refractivity contribution is -0.142. The molecule has 0 bridgehead atoms. The molecule has 2 N–H and O–H groups in total. The standard InChI is InChI=1S/C20H24O5/c1-10(13-5-4-6-15(13)19(22)23)7-8-14-11(2)12(3)16-9-25-20(24)17(16)18(14)21/h7,13,15,21H,4-6,8-9H2,1-3H3,(H,22,23)/b10-7-. The molecule has 0 spiro atoms. The van der Waals surface area contributed by atoms with E-state index < -0.39 is 11.9 Å². The third-order valence-electron chi connectivity index (χ3n) is 5.89. The Kier molecular flexibility index (Phi) is 4.58. The Morgan fingerprint density at radius 3 is 2.60 bits per heavy atom. The fraction of sp³-hybridized carbons (Fsp3) is 0.500. The maximum Gasteiger partial charge on any atom is 0.342 e. The van der Waals surface area contributed by atoms with E-state index in [1.165, 1.54) is 0 Å². The molecule has 1 aliphatic carbocycles. The molecule has 3 rings (SSSR count). The van der Waals surface area contributed by atoms with Crippen molar-refractivity contribution in [3.05, 3.63) is 39.5 Å². The van der Waals surface area contributed by atoms with Crippen LogP contribution < -0.4 is 0 Å². The smallest absolute Gasteiger partial charge is 0.342 e. The van der Waals surface area contributed by atoms with Crippen molar-refractivity contribution in [3.63, 3.8) is 0 Å². The molecule has 2 aliphatic rings. The molecular weight excluding hydrogens is 320 g/mol. The summed E-state index contributed by atoms with van der Waals surface area (Å²) >= 11 is 0. The van der Waals surface area contributed by atoms with Crippen molar-refractivity contribution in [1.29, 1.82) is 0 Å². The summed E-state index contributed by atoms with van der Waals surface area (Å²) in [7, 11) is 0. The van der Waals surface area contributed by atoms with Crippen LogP contribution in [0.1, 0.15) is 58.8 Å². The molecule has 1 aromatic carbocycles. The molecule has 5 heteroatoms. The summed E-state index contributed by atoms with van der Waals surface area (Å²) < 4.78 is 5.06. The Hall–Kier alpha value is -2.30. The van der Waals surface area contributed by atoms with Gasteiger partial charge in [-0.25, -0.2) is 4.79 Å². The van der Waals surface area contributed by atoms with Gasteiger partial charge in [0.1, 0.15) is 17.9 Å². The van der Waals surface area contributed by atoms with E-state index in [2.05, 4.69) is 0 Å². The van der Waals surface area contributed by atoms with Crippen molar-refractivity contribution in [2.24, 2.45) is 11.8 Å². The molecule has 1 aliphatic heterocycles. The van der Waals surface area contributed by atoms with E-state index in [0.29, 0.717) is 6.42 Å². The molecule has 134 valence electrons. The lowest BCUT2D eigenvalue weighted by Crippen LogP contribution is -2.19. The van der Waals surface area contributed by atoms with E-state index in [4.69, 9.17) is 4.74 Å². The van der Waals surface area contributed by atoms with Crippen molar-refractivity contribution >= 4 is 11.9 Å². The van der Waals surface area contributed by atoms with Crippen LogP contribution in [-0.2, 0) is 22.6 Å². The number of carboxylic acids is 1. The minimum Gasteiger partial charge on any atom is -0.507 e. The van der Waals surface area contributed by atoms with Gasteiger partial charge in [-0.3, -0.25) is 4.79 Å². The molecular formula is C20H24O5. The summed E-state index contributed by atoms with van der Waals surface area (Å²) in [5, 5.41) is 19.9. The van der Waals surface area contributed by atoms with Crippen LogP contribution >= 0.6 is 0 Å². The number of hydrogen-bond donors (Lipinski definition) is 2. The normalized spacial score (nSPS) is 22.8. The van der Waals surface area contributed by atoms with Crippen LogP contribution in [0.3, 0.4) is 0 Å². The molecule has 1 aromatic rings. The van der Waals surface area contributed by atoms with Gasteiger partial charge in [-0.2, -0.15) is 0 Å². The second-order valence-electron chi connectivity index (χ2n) is 7.14. The number of aromatic hydroxyl groups is 1. The zero-order valence-electron chi connectivity index (χ0n) is 14.9. The predicted octanol–water partition coefficient (Wildman–Crippen LogP) is 3.67. The Balaban J connectivity index is 1.91. The molecule has 1 saturated carbocycles. The third kappa shape index (κ3) is 2.92. The quantitative estimate of drug-likeness (QED) is 0.643. The monoisotopic (exact) mass is 344 g/mol. The number of rotatable bonds is 4. The fourth-order valence-corrected chi connectivity index (χ4v) is 4.19. The van der Waals surface area contributed by atoms with Crippen molar-refractivity contribution in [2.45, 2.75) is 53.1 Å². The van der Waals surface area contributed by atoms with Gasteiger partial charge < -0.3 is 14.9 Å². The molecule has 1 fully saturated rings. The lowest BCUT2D eigenvalue weighted by atomic mass is 9.87. The van der Waals surface area contributed by atoms with Gasteiger partial charge in [-0.05, 0) is 57.1 Å². The average Bonchev–Trinajstić information content (AvgIpc) is 3.19. The second kappa shape index (κ2) is 6.54. The van der Waals surface area contributed by atoms with E-state index in [-0.39, 0.29) is 29.8 Å². The highest BCUT2D eigenvalue weighted by Gasteiger charge is 2.34. The highest BCUT2D eigenvalue weighted by atomic mass is 16.5. The van der Waals surface area contributed by atoms with Gasteiger partial charge in [0.2, 0.25) is 0 Å². The highest BCUT2D eigenvalue weighted by molar-refractivity contribution is 5.97. The molecule has 0 aromatic heterocycles. The van der Waals surface area contributed by atoms with Crippen LogP contribution in [0.2, 0.25) is 0 Å². The number of carbonyl (C=O) groups is 2. The Morgan fingerprint density at radius 2 is 1.92 bits per heavy atom. The van der Waals surface area contributed by atoms with Crippen LogP contribution in [0.25, 0.3) is 0 Å². The largest absolute Gasteiger partial charge is 0.507 e. The first kappa shape index (κ1) is 17.5. The number of phenols is 1. The Morgan fingerprint density at radius 1 is 1.24 bits per heavy atom. The van der Waals surface area contributed by atoms with Gasteiger partial charge in [0.15, 0.2) is 0 Å². The van der Waals surface area contributed by atoms with Crippen LogP contribution in [0, 0.1) is 25.7 Å². The zero-order valence-corrected chi connectivity index (χ0v) is 14.9. The fourth-order valence-electron chi connectivity index (χ4n) is 4.19. The van der Waals surface area contributed by atoms with Gasteiger partial charge >= 0.3 is 11.9 Å². The number of carboxylic acid groups (broad SMARTS) is 1. The van der Waals surface area contributed by atoms with Gasteiger partial charge in [0.25, 0.3) is 0 Å². The van der Waals surface area contributed by atoms with Crippen molar-refractivity contribution < 1.29 is 24.5 Å². The molecule has 0 saturated heterocycles. The number of hydrogen-bond acceptors (Lipinski definition) is 4. The van der Waals surface area contributed by atoms with Crippen LogP contribution in [0.5, 0.6) is 5.75 Å². The number of ether oxygens (including phenoxy) is 1. The van der Waals surface area contributed by atoms with Crippen LogP contribution in [0.15, 0.2) is 11.6 Å². The summed E-state index contributed by atoms with van der Waals surface area (Å²) in [5.41, 5.74) is 4.76. The first-order chi connectivity index (χ1) is 11.8. The highest BCUT2D eigenvalue weighted by Crippen LogP contribution is 2.39. The SMILES string of the molecule is C/C(=C/Cc1c(C)c(C)c2c(c1O)C(=O)OC2)C1CCCC1C(=O)O. The number of cyclic esters (lactones) is 1. The second-order valence-corrected chi connectivity index (χ2v) is 7.14. The van der Waals surface area contributed by atoms with Crippen molar-refractivity contribution in [3.8, 4) is 5.75 Å². The molecule has 5 nitrogen and oxygen atoms in total. The molecule has 0 amide bonds. The number of carbonyl (C=O) groups excluding carboxylic acids is 1. The summed E-state index contributed by atoms with van der Waals surface area (Å²) in [6.45, 7) is 6.05. The zero-order chi connectivity index (χ0) is 18.3. The van der Waals surface area contributed by atoms with Gasteiger partial charge in [-0.1, -0.05) is 18.1 Å². The van der Waals surface area contributed by atoms with Crippen LogP contribution in [-0.4, -0.2) is 22.2 Å². The summed E-state index contributed by atoms with van der Waals surface area (Å²) in [5.74, 6) is -1.46.